The van der Waals surface area contributed by atoms with E-state index in [4.69, 9.17) is 13.0 Å². The van der Waals surface area contributed by atoms with Crippen LogP contribution in [0.2, 0.25) is 0 Å². The van der Waals surface area contributed by atoms with Crippen molar-refractivity contribution in [3.05, 3.63) is 59.7 Å². The van der Waals surface area contributed by atoms with E-state index in [1.807, 2.05) is 13.0 Å². The van der Waals surface area contributed by atoms with Crippen molar-refractivity contribution in [3.63, 3.8) is 0 Å². The lowest BCUT2D eigenvalue weighted by molar-refractivity contribution is -0.0510. The molecular formula is C21H17F3O4S. The van der Waals surface area contributed by atoms with Gasteiger partial charge in [-0.25, -0.2) is 0 Å². The summed E-state index contributed by atoms with van der Waals surface area (Å²) in [5.74, 6) is 0.219. The summed E-state index contributed by atoms with van der Waals surface area (Å²) in [6.45, 7) is 4.02. The summed E-state index contributed by atoms with van der Waals surface area (Å²) in [6.07, 6.45) is 0.545. The van der Waals surface area contributed by atoms with Crippen LogP contribution < -0.4 is 0 Å². The molecule has 0 aromatic heterocycles. The zero-order chi connectivity index (χ0) is 21.6. The average Bonchev–Trinajstić information content (AvgIpc) is 2.65. The molecule has 152 valence electrons. The Hall–Kier alpha value is -2.71. The lowest BCUT2D eigenvalue weighted by atomic mass is 9.88. The highest BCUT2D eigenvalue weighted by molar-refractivity contribution is 7.86. The Labute approximate surface area is 165 Å². The number of halogens is 3. The van der Waals surface area contributed by atoms with Crippen molar-refractivity contribution >= 4 is 48.2 Å². The van der Waals surface area contributed by atoms with Crippen molar-refractivity contribution in [2.24, 2.45) is 0 Å². The maximum atomic E-state index is 12.3. The van der Waals surface area contributed by atoms with Crippen molar-refractivity contribution in [2.45, 2.75) is 25.8 Å². The minimum atomic E-state index is -5.84. The molecule has 1 N–H and O–H groups in total. The van der Waals surface area contributed by atoms with E-state index in [1.54, 1.807) is 0 Å². The van der Waals surface area contributed by atoms with Crippen LogP contribution in [0.4, 0.5) is 13.2 Å². The third-order valence-electron chi connectivity index (χ3n) is 4.77. The summed E-state index contributed by atoms with van der Waals surface area (Å²) in [5.41, 5.74) is -3.49. The van der Waals surface area contributed by atoms with Gasteiger partial charge in [0.05, 0.1) is 0 Å². The van der Waals surface area contributed by atoms with Crippen LogP contribution in [0.5, 0.6) is 0 Å². The van der Waals surface area contributed by atoms with Gasteiger partial charge in [-0.15, -0.1) is 0 Å². The Morgan fingerprint density at radius 1 is 0.966 bits per heavy atom. The van der Waals surface area contributed by atoms with Gasteiger partial charge in [-0.1, -0.05) is 49.4 Å². The fourth-order valence-corrected chi connectivity index (χ4v) is 3.43. The first-order valence-corrected chi connectivity index (χ1v) is 10.1. The summed E-state index contributed by atoms with van der Waals surface area (Å²) in [6, 6.07) is 17.0. The molecule has 0 radical (unpaired) electrons. The van der Waals surface area contributed by atoms with Gasteiger partial charge in [0.1, 0.15) is 0 Å². The molecule has 0 aliphatic heterocycles. The normalized spacial score (nSPS) is 12.3. The Bertz CT molecular complexity index is 1310. The highest BCUT2D eigenvalue weighted by atomic mass is 32.2. The van der Waals surface area contributed by atoms with Crippen LogP contribution >= 0.6 is 0 Å². The van der Waals surface area contributed by atoms with Crippen LogP contribution in [-0.4, -0.2) is 24.3 Å². The van der Waals surface area contributed by atoms with E-state index in [1.165, 1.54) is 32.5 Å². The Balaban J connectivity index is 0.000000258. The van der Waals surface area contributed by atoms with E-state index in [-0.39, 0.29) is 5.78 Å². The van der Waals surface area contributed by atoms with E-state index in [0.29, 0.717) is 6.42 Å². The van der Waals surface area contributed by atoms with Crippen molar-refractivity contribution in [1.82, 2.24) is 0 Å². The molecule has 0 aliphatic rings. The zero-order valence-electron chi connectivity index (χ0n) is 15.5. The van der Waals surface area contributed by atoms with Crippen molar-refractivity contribution < 1.29 is 30.9 Å². The van der Waals surface area contributed by atoms with Crippen molar-refractivity contribution in [3.8, 4) is 0 Å². The molecule has 4 rings (SSSR count). The topological polar surface area (TPSA) is 71.4 Å². The number of hydrogen-bond acceptors (Lipinski definition) is 3. The predicted octanol–water partition coefficient (Wildman–Crippen LogP) is 5.88. The molecule has 4 aromatic rings. The van der Waals surface area contributed by atoms with E-state index in [9.17, 15) is 18.0 Å². The fraction of sp³-hybridized carbons (Fsp3) is 0.190. The molecule has 0 unspecified atom stereocenters. The molecule has 0 saturated carbocycles. The second kappa shape index (κ2) is 7.27. The lowest BCUT2D eigenvalue weighted by Gasteiger charge is -2.15. The Kier molecular flexibility index (Phi) is 5.27. The number of benzene rings is 4. The monoisotopic (exact) mass is 422 g/mol. The maximum Gasteiger partial charge on any atom is 0.522 e. The molecule has 0 atom stereocenters. The minimum Gasteiger partial charge on any atom is -0.294 e. The van der Waals surface area contributed by atoms with Crippen molar-refractivity contribution in [2.75, 3.05) is 0 Å². The number of ketones is 1. The largest absolute Gasteiger partial charge is 0.522 e. The molecule has 0 spiro atoms. The molecule has 0 fully saturated rings. The first kappa shape index (κ1) is 21.0. The van der Waals surface area contributed by atoms with E-state index in [2.05, 4.69) is 49.4 Å². The molecule has 4 aromatic carbocycles. The quantitative estimate of drug-likeness (QED) is 0.190. The third-order valence-corrected chi connectivity index (χ3v) is 5.35. The summed E-state index contributed by atoms with van der Waals surface area (Å²) in [4.78, 5) is 12.3. The first-order valence-electron chi connectivity index (χ1n) is 8.69. The molecule has 0 heterocycles. The number of rotatable bonds is 2. The summed E-state index contributed by atoms with van der Waals surface area (Å²) >= 11 is 0. The summed E-state index contributed by atoms with van der Waals surface area (Å²) < 4.78 is 57.5. The first-order chi connectivity index (χ1) is 13.5. The van der Waals surface area contributed by atoms with Crippen LogP contribution in [0, 0.1) is 6.92 Å². The molecule has 0 saturated heterocycles. The number of aryl methyl sites for hydroxylation is 1. The summed E-state index contributed by atoms with van der Waals surface area (Å²) in [7, 11) is -5.84. The second-order valence-corrected chi connectivity index (χ2v) is 8.03. The Morgan fingerprint density at radius 2 is 1.48 bits per heavy atom. The number of Topliss-reactive ketones (excluding diaryl/α,β-unsaturated/α-hetero) is 1. The third kappa shape index (κ3) is 3.77. The van der Waals surface area contributed by atoms with Crippen LogP contribution in [0.1, 0.15) is 29.3 Å². The minimum absolute atomic E-state index is 0.219. The van der Waals surface area contributed by atoms with Gasteiger partial charge in [-0.2, -0.15) is 21.6 Å². The predicted molar refractivity (Wildman–Crippen MR) is 107 cm³/mol. The van der Waals surface area contributed by atoms with Gasteiger partial charge >= 0.3 is 15.6 Å². The van der Waals surface area contributed by atoms with Gasteiger partial charge in [0, 0.05) is 12.0 Å². The molecule has 0 bridgehead atoms. The molecule has 0 amide bonds. The lowest BCUT2D eigenvalue weighted by Crippen LogP contribution is -2.21. The van der Waals surface area contributed by atoms with Crippen LogP contribution in [0.15, 0.2) is 48.5 Å². The number of alkyl halides is 3. The fourth-order valence-electron chi connectivity index (χ4n) is 3.43. The van der Waals surface area contributed by atoms with Gasteiger partial charge in [-0.05, 0) is 50.9 Å². The number of carbonyl (C=O) groups is 1. The van der Waals surface area contributed by atoms with Gasteiger partial charge in [0.15, 0.2) is 5.78 Å². The van der Waals surface area contributed by atoms with Crippen LogP contribution in [0.3, 0.4) is 0 Å². The zero-order valence-corrected chi connectivity index (χ0v) is 16.4. The van der Waals surface area contributed by atoms with Crippen LogP contribution in [-0.2, 0) is 10.1 Å². The van der Waals surface area contributed by atoms with Gasteiger partial charge < -0.3 is 0 Å². The van der Waals surface area contributed by atoms with Crippen LogP contribution in [0.25, 0.3) is 32.3 Å². The smallest absolute Gasteiger partial charge is 0.294 e. The summed E-state index contributed by atoms with van der Waals surface area (Å²) in [5, 5.41) is 7.34. The standard InChI is InChI=1S/C20H16O.CHF3O3S/c1-3-18(21)17-11-12(2)15-9-7-13-5-4-6-14-8-10-16(17)20(15)19(13)14;2-1(3,4)8(5,6)7/h4-11H,3H2,1-2H3;(H,5,6,7). The highest BCUT2D eigenvalue weighted by Gasteiger charge is 2.44. The Morgan fingerprint density at radius 3 is 1.97 bits per heavy atom. The van der Waals surface area contributed by atoms with Crippen molar-refractivity contribution in [1.29, 1.82) is 0 Å². The van der Waals surface area contributed by atoms with E-state index < -0.39 is 15.6 Å². The molecule has 4 nitrogen and oxygen atoms in total. The maximum absolute atomic E-state index is 12.3. The van der Waals surface area contributed by atoms with E-state index in [0.717, 1.165) is 10.9 Å². The molecule has 29 heavy (non-hydrogen) atoms. The molecular weight excluding hydrogens is 405 g/mol. The van der Waals surface area contributed by atoms with Gasteiger partial charge in [0.2, 0.25) is 0 Å². The SMILES string of the molecule is CCC(=O)c1cc(C)c2ccc3cccc4ccc1c2c34.O=S(=O)(O)C(F)(F)F. The van der Waals surface area contributed by atoms with Gasteiger partial charge in [-0.3, -0.25) is 9.35 Å². The average molecular weight is 422 g/mol. The number of hydrogen-bond donors (Lipinski definition) is 1. The molecule has 8 heteroatoms. The van der Waals surface area contributed by atoms with E-state index >= 15 is 0 Å². The second-order valence-electron chi connectivity index (χ2n) is 6.62. The molecule has 0 aliphatic carbocycles. The van der Waals surface area contributed by atoms with Gasteiger partial charge in [0.25, 0.3) is 0 Å². The number of carbonyl (C=O) groups excluding carboxylic acids is 1. The highest BCUT2D eigenvalue weighted by Crippen LogP contribution is 2.37.